The number of thioether (sulfide) groups is 1. The van der Waals surface area contributed by atoms with Crippen LogP contribution in [0.15, 0.2) is 114 Å². The van der Waals surface area contributed by atoms with Gasteiger partial charge in [0.05, 0.1) is 11.3 Å². The van der Waals surface area contributed by atoms with Gasteiger partial charge in [0, 0.05) is 23.1 Å². The number of halogens is 1. The number of Topliss-reactive ketones (excluding diaryl/α,β-unsaturated/α-hetero) is 1. The van der Waals surface area contributed by atoms with Crippen molar-refractivity contribution in [1.82, 2.24) is 15.2 Å². The van der Waals surface area contributed by atoms with E-state index in [-0.39, 0.29) is 28.4 Å². The third-order valence-corrected chi connectivity index (χ3v) is 8.01. The predicted molar refractivity (Wildman–Crippen MR) is 165 cm³/mol. The number of amides is 2. The van der Waals surface area contributed by atoms with Gasteiger partial charge >= 0.3 is 5.97 Å². The number of carbonyl (C=O) groups excluding carboxylic acids is 4. The number of anilines is 1. The van der Waals surface area contributed by atoms with E-state index in [4.69, 9.17) is 9.72 Å². The molecular weight excluding hydrogens is 595 g/mol. The number of hydrogen-bond acceptors (Lipinski definition) is 9. The zero-order chi connectivity index (χ0) is 31.3. The van der Waals surface area contributed by atoms with E-state index in [2.05, 4.69) is 10.2 Å². The second-order valence-electron chi connectivity index (χ2n) is 9.95. The summed E-state index contributed by atoms with van der Waals surface area (Å²) in [5.41, 5.74) is 3.51. The predicted octanol–water partition coefficient (Wildman–Crippen LogP) is 5.81. The summed E-state index contributed by atoms with van der Waals surface area (Å²) >= 11 is 1.07. The summed E-state index contributed by atoms with van der Waals surface area (Å²) in [7, 11) is 0. The summed E-state index contributed by atoms with van der Waals surface area (Å²) in [4.78, 5) is 56.8. The molecule has 0 spiro atoms. The molecule has 0 N–H and O–H groups in total. The first-order valence-corrected chi connectivity index (χ1v) is 14.7. The Bertz CT molecular complexity index is 1890. The minimum absolute atomic E-state index is 0.0662. The van der Waals surface area contributed by atoms with Gasteiger partial charge in [0.2, 0.25) is 17.0 Å². The average molecular weight is 619 g/mol. The number of aromatic nitrogens is 3. The van der Waals surface area contributed by atoms with Gasteiger partial charge in [0.1, 0.15) is 22.5 Å². The molecule has 0 aliphatic carbocycles. The van der Waals surface area contributed by atoms with Gasteiger partial charge in [-0.1, -0.05) is 72.4 Å². The molecular formula is C34H23FN4O5S. The third kappa shape index (κ3) is 6.53. The lowest BCUT2D eigenvalue weighted by Gasteiger charge is -2.15. The third-order valence-electron chi connectivity index (χ3n) is 6.98. The molecule has 1 atom stereocenters. The molecule has 2 heterocycles. The van der Waals surface area contributed by atoms with Crippen molar-refractivity contribution < 1.29 is 28.3 Å². The highest BCUT2D eigenvalue weighted by Crippen LogP contribution is 2.35. The van der Waals surface area contributed by atoms with Crippen molar-refractivity contribution in [2.75, 3.05) is 11.5 Å². The summed E-state index contributed by atoms with van der Waals surface area (Å²) in [5.74, 6) is -2.58. The maximum absolute atomic E-state index is 13.4. The van der Waals surface area contributed by atoms with Crippen molar-refractivity contribution in [3.63, 3.8) is 0 Å². The number of carbonyl (C=O) groups is 4. The Balaban J connectivity index is 1.14. The molecule has 1 aromatic heterocycles. The molecule has 1 aliphatic heterocycles. The minimum Gasteiger partial charge on any atom is -0.454 e. The lowest BCUT2D eigenvalue weighted by molar-refractivity contribution is -0.121. The standard InChI is InChI=1S/C34H23FN4O5S/c35-25-15-11-21(12-16-25)27(40)20-44-33(43)24-13-17-26(18-14-24)39-29(41)19-28(32(39)42)45-34-36-30(22-7-3-1-4-8-22)31(37-38-34)23-9-5-2-6-10-23/h1-18,28H,19-20H2. The summed E-state index contributed by atoms with van der Waals surface area (Å²) in [5, 5.41) is 8.20. The van der Waals surface area contributed by atoms with Crippen LogP contribution in [-0.4, -0.2) is 50.6 Å². The molecule has 0 bridgehead atoms. The van der Waals surface area contributed by atoms with E-state index in [1.54, 1.807) is 0 Å². The summed E-state index contributed by atoms with van der Waals surface area (Å²) in [6.07, 6.45) is -0.0662. The molecule has 1 fully saturated rings. The number of ether oxygens (including phenoxy) is 1. The fourth-order valence-electron chi connectivity index (χ4n) is 4.72. The Morgan fingerprint density at radius 2 is 1.38 bits per heavy atom. The monoisotopic (exact) mass is 618 g/mol. The second-order valence-corrected chi connectivity index (χ2v) is 11.1. The lowest BCUT2D eigenvalue weighted by atomic mass is 10.0. The van der Waals surface area contributed by atoms with Crippen LogP contribution >= 0.6 is 11.8 Å². The van der Waals surface area contributed by atoms with Crippen LogP contribution in [0.2, 0.25) is 0 Å². The Morgan fingerprint density at radius 1 is 0.778 bits per heavy atom. The van der Waals surface area contributed by atoms with Gasteiger partial charge in [-0.2, -0.15) is 0 Å². The Hall–Kier alpha value is -5.55. The SMILES string of the molecule is O=C(COC(=O)c1ccc(N2C(=O)CC(Sc3nnc(-c4ccccc4)c(-c4ccccc4)n3)C2=O)cc1)c1ccc(F)cc1. The Morgan fingerprint density at radius 3 is 2.02 bits per heavy atom. The van der Waals surface area contributed by atoms with Crippen LogP contribution < -0.4 is 4.90 Å². The van der Waals surface area contributed by atoms with E-state index in [1.807, 2.05) is 60.7 Å². The van der Waals surface area contributed by atoms with Crippen molar-refractivity contribution >= 4 is 41.0 Å². The highest BCUT2D eigenvalue weighted by atomic mass is 32.2. The van der Waals surface area contributed by atoms with Crippen molar-refractivity contribution in [2.24, 2.45) is 0 Å². The van der Waals surface area contributed by atoms with Gasteiger partial charge in [0.25, 0.3) is 0 Å². The maximum atomic E-state index is 13.4. The van der Waals surface area contributed by atoms with Crippen molar-refractivity contribution in [3.05, 3.63) is 126 Å². The summed E-state index contributed by atoms with van der Waals surface area (Å²) in [6, 6.07) is 29.7. The molecule has 45 heavy (non-hydrogen) atoms. The fraction of sp³-hybridized carbons (Fsp3) is 0.0882. The van der Waals surface area contributed by atoms with Gasteiger partial charge in [-0.05, 0) is 48.5 Å². The number of ketones is 1. The number of esters is 1. The van der Waals surface area contributed by atoms with E-state index in [1.165, 1.54) is 36.4 Å². The first-order valence-electron chi connectivity index (χ1n) is 13.8. The highest BCUT2D eigenvalue weighted by Gasteiger charge is 2.41. The van der Waals surface area contributed by atoms with E-state index >= 15 is 0 Å². The molecule has 1 aliphatic rings. The summed E-state index contributed by atoms with van der Waals surface area (Å²) < 4.78 is 18.2. The fourth-order valence-corrected chi connectivity index (χ4v) is 5.64. The molecule has 0 saturated carbocycles. The molecule has 11 heteroatoms. The van der Waals surface area contributed by atoms with E-state index in [0.717, 1.165) is 39.9 Å². The van der Waals surface area contributed by atoms with E-state index < -0.39 is 41.2 Å². The topological polar surface area (TPSA) is 119 Å². The van der Waals surface area contributed by atoms with Crippen LogP contribution in [0.3, 0.4) is 0 Å². The van der Waals surface area contributed by atoms with Crippen LogP contribution in [0.25, 0.3) is 22.5 Å². The number of rotatable bonds is 9. The van der Waals surface area contributed by atoms with Crippen LogP contribution in [0.5, 0.6) is 0 Å². The smallest absolute Gasteiger partial charge is 0.338 e. The molecule has 0 radical (unpaired) electrons. The quantitative estimate of drug-likeness (QED) is 0.115. The van der Waals surface area contributed by atoms with E-state index in [9.17, 15) is 23.6 Å². The zero-order valence-electron chi connectivity index (χ0n) is 23.5. The first kappa shape index (κ1) is 29.5. The minimum atomic E-state index is -0.771. The number of imide groups is 1. The molecule has 222 valence electrons. The van der Waals surface area contributed by atoms with Crippen LogP contribution in [0, 0.1) is 5.82 Å². The van der Waals surface area contributed by atoms with Crippen molar-refractivity contribution in [1.29, 1.82) is 0 Å². The Kier molecular flexibility index (Phi) is 8.52. The van der Waals surface area contributed by atoms with Crippen LogP contribution in [0.4, 0.5) is 10.1 Å². The molecule has 9 nitrogen and oxygen atoms in total. The normalized spacial score (nSPS) is 14.4. The van der Waals surface area contributed by atoms with Crippen molar-refractivity contribution in [2.45, 2.75) is 16.8 Å². The number of hydrogen-bond donors (Lipinski definition) is 0. The number of nitrogens with zero attached hydrogens (tertiary/aromatic N) is 4. The highest BCUT2D eigenvalue weighted by molar-refractivity contribution is 8.00. The molecule has 1 unspecified atom stereocenters. The number of benzene rings is 4. The van der Waals surface area contributed by atoms with Gasteiger partial charge in [-0.15, -0.1) is 10.2 Å². The van der Waals surface area contributed by atoms with Gasteiger partial charge in [-0.25, -0.2) is 19.1 Å². The first-order chi connectivity index (χ1) is 21.9. The van der Waals surface area contributed by atoms with Gasteiger partial charge in [0.15, 0.2) is 12.4 Å². The maximum Gasteiger partial charge on any atom is 0.338 e. The Labute approximate surface area is 261 Å². The molecule has 1 saturated heterocycles. The average Bonchev–Trinajstić information content (AvgIpc) is 3.36. The zero-order valence-corrected chi connectivity index (χ0v) is 24.3. The van der Waals surface area contributed by atoms with E-state index in [0.29, 0.717) is 11.4 Å². The molecule has 4 aromatic carbocycles. The largest absolute Gasteiger partial charge is 0.454 e. The van der Waals surface area contributed by atoms with Crippen LogP contribution in [-0.2, 0) is 14.3 Å². The van der Waals surface area contributed by atoms with Gasteiger partial charge in [-0.3, -0.25) is 14.4 Å². The van der Waals surface area contributed by atoms with Crippen molar-refractivity contribution in [3.8, 4) is 22.5 Å². The molecule has 5 aromatic rings. The summed E-state index contributed by atoms with van der Waals surface area (Å²) in [6.45, 7) is -0.524. The van der Waals surface area contributed by atoms with Crippen LogP contribution in [0.1, 0.15) is 27.1 Å². The van der Waals surface area contributed by atoms with Gasteiger partial charge < -0.3 is 4.74 Å². The second kappa shape index (κ2) is 13.0. The molecule has 6 rings (SSSR count). The lowest BCUT2D eigenvalue weighted by Crippen LogP contribution is -2.31. The molecule has 2 amide bonds.